The zero-order valence-electron chi connectivity index (χ0n) is 10.1. The van der Waals surface area contributed by atoms with Gasteiger partial charge in [-0.1, -0.05) is 0 Å². The molecule has 0 saturated heterocycles. The van der Waals surface area contributed by atoms with Crippen molar-refractivity contribution in [3.05, 3.63) is 47.5 Å². The van der Waals surface area contributed by atoms with Crippen molar-refractivity contribution in [2.24, 2.45) is 0 Å². The second kappa shape index (κ2) is 5.01. The van der Waals surface area contributed by atoms with Gasteiger partial charge in [0.25, 0.3) is 0 Å². The van der Waals surface area contributed by atoms with Crippen molar-refractivity contribution < 1.29 is 9.52 Å². The fraction of sp³-hybridized carbons (Fsp3) is 0.308. The number of pyridine rings is 1. The van der Waals surface area contributed by atoms with Gasteiger partial charge >= 0.3 is 0 Å². The molecule has 0 unspecified atom stereocenters. The number of furan rings is 1. The Hall–Kier alpha value is -1.81. The van der Waals surface area contributed by atoms with Crippen molar-refractivity contribution in [3.8, 4) is 0 Å². The molecule has 0 aliphatic heterocycles. The standard InChI is InChI=1S/C13H16N2O2/c1-10-5-12(8-16)6-13(14-10)15(2)7-11-3-4-17-9-11/h3-6,9,16H,7-8H2,1-2H3. The number of hydrogen-bond acceptors (Lipinski definition) is 4. The lowest BCUT2D eigenvalue weighted by molar-refractivity contribution is 0.281. The molecule has 2 aromatic heterocycles. The minimum absolute atomic E-state index is 0.0376. The molecule has 0 atom stereocenters. The highest BCUT2D eigenvalue weighted by Crippen LogP contribution is 2.16. The number of hydrogen-bond donors (Lipinski definition) is 1. The Morgan fingerprint density at radius 2 is 2.18 bits per heavy atom. The second-order valence-corrected chi connectivity index (χ2v) is 4.12. The lowest BCUT2D eigenvalue weighted by atomic mass is 10.2. The molecule has 0 bridgehead atoms. The zero-order chi connectivity index (χ0) is 12.3. The summed E-state index contributed by atoms with van der Waals surface area (Å²) in [7, 11) is 1.97. The van der Waals surface area contributed by atoms with E-state index >= 15 is 0 Å². The van der Waals surface area contributed by atoms with E-state index in [0.29, 0.717) is 0 Å². The van der Waals surface area contributed by atoms with Gasteiger partial charge in [-0.15, -0.1) is 0 Å². The third kappa shape index (κ3) is 2.85. The van der Waals surface area contributed by atoms with Crippen LogP contribution in [0.5, 0.6) is 0 Å². The molecule has 2 rings (SSSR count). The van der Waals surface area contributed by atoms with Gasteiger partial charge in [0.05, 0.1) is 19.1 Å². The summed E-state index contributed by atoms with van der Waals surface area (Å²) in [5.74, 6) is 0.857. The lowest BCUT2D eigenvalue weighted by Gasteiger charge is -2.18. The van der Waals surface area contributed by atoms with Crippen LogP contribution in [0, 0.1) is 6.92 Å². The first-order chi connectivity index (χ1) is 8.19. The Bertz CT molecular complexity index is 480. The molecular weight excluding hydrogens is 216 g/mol. The SMILES string of the molecule is Cc1cc(CO)cc(N(C)Cc2ccoc2)n1. The smallest absolute Gasteiger partial charge is 0.129 e. The van der Waals surface area contributed by atoms with E-state index in [4.69, 9.17) is 9.52 Å². The first-order valence-electron chi connectivity index (χ1n) is 5.49. The topological polar surface area (TPSA) is 49.5 Å². The van der Waals surface area contributed by atoms with Crippen molar-refractivity contribution in [1.29, 1.82) is 0 Å². The Morgan fingerprint density at radius 1 is 1.35 bits per heavy atom. The Balaban J connectivity index is 2.18. The van der Waals surface area contributed by atoms with Crippen LogP contribution in [-0.2, 0) is 13.2 Å². The molecule has 0 saturated carbocycles. The van der Waals surface area contributed by atoms with Crippen LogP contribution in [0.4, 0.5) is 5.82 Å². The summed E-state index contributed by atoms with van der Waals surface area (Å²) < 4.78 is 5.03. The number of aromatic nitrogens is 1. The molecule has 0 spiro atoms. The molecule has 2 heterocycles. The number of aliphatic hydroxyl groups is 1. The van der Waals surface area contributed by atoms with Gasteiger partial charge in [0.15, 0.2) is 0 Å². The van der Waals surface area contributed by atoms with Crippen molar-refractivity contribution >= 4 is 5.82 Å². The maximum absolute atomic E-state index is 9.16. The van der Waals surface area contributed by atoms with E-state index in [0.717, 1.165) is 29.2 Å². The maximum Gasteiger partial charge on any atom is 0.129 e. The van der Waals surface area contributed by atoms with Crippen molar-refractivity contribution in [2.75, 3.05) is 11.9 Å². The lowest BCUT2D eigenvalue weighted by Crippen LogP contribution is -2.17. The first kappa shape index (κ1) is 11.7. The molecule has 0 aliphatic rings. The fourth-order valence-corrected chi connectivity index (χ4v) is 1.75. The largest absolute Gasteiger partial charge is 0.472 e. The van der Waals surface area contributed by atoms with E-state index < -0.39 is 0 Å². The summed E-state index contributed by atoms with van der Waals surface area (Å²) in [5.41, 5.74) is 2.89. The van der Waals surface area contributed by atoms with Crippen LogP contribution in [0.15, 0.2) is 35.1 Å². The minimum Gasteiger partial charge on any atom is -0.472 e. The Kier molecular flexibility index (Phi) is 3.44. The van der Waals surface area contributed by atoms with Gasteiger partial charge in [0, 0.05) is 24.8 Å². The summed E-state index contributed by atoms with van der Waals surface area (Å²) in [6.07, 6.45) is 3.38. The van der Waals surface area contributed by atoms with E-state index in [1.165, 1.54) is 0 Å². The number of rotatable bonds is 4. The van der Waals surface area contributed by atoms with E-state index in [-0.39, 0.29) is 6.61 Å². The van der Waals surface area contributed by atoms with Crippen molar-refractivity contribution in [1.82, 2.24) is 4.98 Å². The summed E-state index contributed by atoms with van der Waals surface area (Å²) in [6, 6.07) is 5.71. The predicted octanol–water partition coefficient (Wildman–Crippen LogP) is 2.11. The summed E-state index contributed by atoms with van der Waals surface area (Å²) in [6.45, 7) is 2.70. The molecule has 90 valence electrons. The van der Waals surface area contributed by atoms with Crippen LogP contribution >= 0.6 is 0 Å². The number of aryl methyl sites for hydroxylation is 1. The molecule has 1 N–H and O–H groups in total. The summed E-state index contributed by atoms with van der Waals surface area (Å²) in [5, 5.41) is 9.16. The Morgan fingerprint density at radius 3 is 2.82 bits per heavy atom. The molecule has 2 aromatic rings. The number of anilines is 1. The van der Waals surface area contributed by atoms with Gasteiger partial charge in [-0.05, 0) is 30.7 Å². The van der Waals surface area contributed by atoms with Crippen molar-refractivity contribution in [2.45, 2.75) is 20.1 Å². The monoisotopic (exact) mass is 232 g/mol. The zero-order valence-corrected chi connectivity index (χ0v) is 10.1. The second-order valence-electron chi connectivity index (χ2n) is 4.12. The number of aliphatic hydroxyl groups excluding tert-OH is 1. The molecule has 0 fully saturated rings. The van der Waals surface area contributed by atoms with Crippen LogP contribution in [0.2, 0.25) is 0 Å². The normalized spacial score (nSPS) is 10.5. The fourth-order valence-electron chi connectivity index (χ4n) is 1.75. The Labute approximate surface area is 101 Å². The van der Waals surface area contributed by atoms with E-state index in [1.54, 1.807) is 12.5 Å². The summed E-state index contributed by atoms with van der Waals surface area (Å²) >= 11 is 0. The van der Waals surface area contributed by atoms with Gasteiger partial charge in [-0.3, -0.25) is 0 Å². The molecule has 17 heavy (non-hydrogen) atoms. The van der Waals surface area contributed by atoms with Crippen LogP contribution in [-0.4, -0.2) is 17.1 Å². The number of nitrogens with zero attached hydrogens (tertiary/aromatic N) is 2. The molecule has 0 radical (unpaired) electrons. The van der Waals surface area contributed by atoms with E-state index in [9.17, 15) is 0 Å². The van der Waals surface area contributed by atoms with E-state index in [2.05, 4.69) is 4.98 Å². The molecule has 4 nitrogen and oxygen atoms in total. The quantitative estimate of drug-likeness (QED) is 0.877. The molecule has 0 amide bonds. The van der Waals surface area contributed by atoms with E-state index in [1.807, 2.05) is 37.1 Å². The van der Waals surface area contributed by atoms with Gasteiger partial charge in [0.1, 0.15) is 5.82 Å². The van der Waals surface area contributed by atoms with Crippen LogP contribution in [0.25, 0.3) is 0 Å². The minimum atomic E-state index is 0.0376. The highest BCUT2D eigenvalue weighted by atomic mass is 16.3. The maximum atomic E-state index is 9.16. The van der Waals surface area contributed by atoms with Crippen LogP contribution in [0.3, 0.4) is 0 Å². The molecule has 0 aromatic carbocycles. The average Bonchev–Trinajstić information content (AvgIpc) is 2.81. The van der Waals surface area contributed by atoms with Gasteiger partial charge in [-0.2, -0.15) is 0 Å². The molecule has 0 aliphatic carbocycles. The van der Waals surface area contributed by atoms with Gasteiger partial charge in [0.2, 0.25) is 0 Å². The third-order valence-corrected chi connectivity index (χ3v) is 2.57. The van der Waals surface area contributed by atoms with Crippen molar-refractivity contribution in [3.63, 3.8) is 0 Å². The third-order valence-electron chi connectivity index (χ3n) is 2.57. The predicted molar refractivity (Wildman–Crippen MR) is 65.7 cm³/mol. The van der Waals surface area contributed by atoms with Gasteiger partial charge in [-0.25, -0.2) is 4.98 Å². The average molecular weight is 232 g/mol. The van der Waals surface area contributed by atoms with Gasteiger partial charge < -0.3 is 14.4 Å². The highest BCUT2D eigenvalue weighted by Gasteiger charge is 2.06. The molecule has 4 heteroatoms. The van der Waals surface area contributed by atoms with Crippen LogP contribution in [0.1, 0.15) is 16.8 Å². The van der Waals surface area contributed by atoms with Crippen LogP contribution < -0.4 is 4.90 Å². The molecular formula is C13H16N2O2. The summed E-state index contributed by atoms with van der Waals surface area (Å²) in [4.78, 5) is 6.47. The first-order valence-corrected chi connectivity index (χ1v) is 5.49. The highest BCUT2D eigenvalue weighted by molar-refractivity contribution is 5.42.